The quantitative estimate of drug-likeness (QED) is 0.849. The molecule has 0 spiro atoms. The van der Waals surface area contributed by atoms with Crippen LogP contribution in [0.25, 0.3) is 0 Å². The third-order valence-electron chi connectivity index (χ3n) is 2.76. The van der Waals surface area contributed by atoms with Crippen molar-refractivity contribution in [2.75, 3.05) is 11.6 Å². The van der Waals surface area contributed by atoms with E-state index in [9.17, 15) is 8.42 Å². The minimum atomic E-state index is -3.12. The van der Waals surface area contributed by atoms with E-state index in [4.69, 9.17) is 0 Å². The second-order valence-electron chi connectivity index (χ2n) is 4.34. The Labute approximate surface area is 104 Å². The molecule has 0 bridgehead atoms. The maximum atomic E-state index is 11.4. The molecular formula is C13H21NO2S. The van der Waals surface area contributed by atoms with Gasteiger partial charge in [0.05, 0.1) is 4.90 Å². The van der Waals surface area contributed by atoms with Crippen LogP contribution < -0.4 is 5.32 Å². The van der Waals surface area contributed by atoms with E-state index in [2.05, 4.69) is 19.2 Å². The number of rotatable bonds is 6. The standard InChI is InChI=1S/C13H21NO2S/c1-4-7-11(5-2)14-12-8-6-9-13(10-12)17(3,15)16/h6,8-11,14H,4-5,7H2,1-3H3. The molecule has 1 rings (SSSR count). The summed E-state index contributed by atoms with van der Waals surface area (Å²) in [5.41, 5.74) is 0.883. The highest BCUT2D eigenvalue weighted by Crippen LogP contribution is 2.17. The van der Waals surface area contributed by atoms with E-state index >= 15 is 0 Å². The average molecular weight is 255 g/mol. The molecule has 1 N–H and O–H groups in total. The Hall–Kier alpha value is -1.03. The van der Waals surface area contributed by atoms with E-state index < -0.39 is 9.84 Å². The third kappa shape index (κ3) is 4.38. The van der Waals surface area contributed by atoms with Gasteiger partial charge in [0.25, 0.3) is 0 Å². The molecular weight excluding hydrogens is 234 g/mol. The van der Waals surface area contributed by atoms with Gasteiger partial charge in [0.2, 0.25) is 0 Å². The summed E-state index contributed by atoms with van der Waals surface area (Å²) < 4.78 is 22.9. The van der Waals surface area contributed by atoms with E-state index in [1.807, 2.05) is 6.07 Å². The summed E-state index contributed by atoms with van der Waals surface area (Å²) in [5, 5.41) is 3.38. The van der Waals surface area contributed by atoms with E-state index in [1.165, 1.54) is 6.26 Å². The fraction of sp³-hybridized carbons (Fsp3) is 0.538. The average Bonchev–Trinajstić information content (AvgIpc) is 2.28. The van der Waals surface area contributed by atoms with Crippen LogP contribution in [-0.2, 0) is 9.84 Å². The normalized spacial score (nSPS) is 13.4. The summed E-state index contributed by atoms with van der Waals surface area (Å²) in [6.07, 6.45) is 4.49. The molecule has 1 atom stereocenters. The van der Waals surface area contributed by atoms with Gasteiger partial charge >= 0.3 is 0 Å². The Kier molecular flexibility index (Phi) is 5.00. The van der Waals surface area contributed by atoms with E-state index in [1.54, 1.807) is 18.2 Å². The number of hydrogen-bond acceptors (Lipinski definition) is 3. The molecule has 0 fully saturated rings. The molecule has 3 nitrogen and oxygen atoms in total. The summed E-state index contributed by atoms with van der Waals surface area (Å²) in [5.74, 6) is 0. The molecule has 1 unspecified atom stereocenters. The lowest BCUT2D eigenvalue weighted by molar-refractivity contribution is 0.601. The van der Waals surface area contributed by atoms with Crippen LogP contribution in [0.3, 0.4) is 0 Å². The van der Waals surface area contributed by atoms with Gasteiger partial charge in [-0.2, -0.15) is 0 Å². The predicted octanol–water partition coefficient (Wildman–Crippen LogP) is 3.08. The lowest BCUT2D eigenvalue weighted by Crippen LogP contribution is -2.18. The molecule has 0 aromatic heterocycles. The van der Waals surface area contributed by atoms with Crippen LogP contribution in [-0.4, -0.2) is 20.7 Å². The van der Waals surface area contributed by atoms with Gasteiger partial charge in [0.15, 0.2) is 9.84 Å². The molecule has 4 heteroatoms. The molecule has 1 aromatic carbocycles. The first-order valence-electron chi connectivity index (χ1n) is 6.04. The smallest absolute Gasteiger partial charge is 0.175 e. The fourth-order valence-corrected chi connectivity index (χ4v) is 2.45. The van der Waals surface area contributed by atoms with Crippen molar-refractivity contribution in [3.8, 4) is 0 Å². The zero-order chi connectivity index (χ0) is 12.9. The zero-order valence-electron chi connectivity index (χ0n) is 10.7. The largest absolute Gasteiger partial charge is 0.382 e. The molecule has 0 radical (unpaired) electrons. The van der Waals surface area contributed by atoms with Crippen LogP contribution in [0.15, 0.2) is 29.2 Å². The minimum absolute atomic E-state index is 0.369. The van der Waals surface area contributed by atoms with Crippen LogP contribution >= 0.6 is 0 Å². The number of hydrogen-bond donors (Lipinski definition) is 1. The van der Waals surface area contributed by atoms with Crippen LogP contribution in [0.5, 0.6) is 0 Å². The number of sulfone groups is 1. The lowest BCUT2D eigenvalue weighted by atomic mass is 10.1. The number of nitrogens with one attached hydrogen (secondary N) is 1. The van der Waals surface area contributed by atoms with Crippen molar-refractivity contribution < 1.29 is 8.42 Å². The Balaban J connectivity index is 2.85. The maximum Gasteiger partial charge on any atom is 0.175 e. The fourth-order valence-electron chi connectivity index (χ4n) is 1.78. The summed E-state index contributed by atoms with van der Waals surface area (Å²) in [4.78, 5) is 0.369. The number of benzene rings is 1. The Morgan fingerprint density at radius 2 is 2.00 bits per heavy atom. The van der Waals surface area contributed by atoms with Gasteiger partial charge in [-0.25, -0.2) is 8.42 Å². The summed E-state index contributed by atoms with van der Waals surface area (Å²) >= 11 is 0. The Bertz CT molecular complexity index is 454. The summed E-state index contributed by atoms with van der Waals surface area (Å²) in [6, 6.07) is 7.43. The van der Waals surface area contributed by atoms with Crippen molar-refractivity contribution in [1.29, 1.82) is 0 Å². The van der Waals surface area contributed by atoms with Gasteiger partial charge in [0.1, 0.15) is 0 Å². The van der Waals surface area contributed by atoms with Crippen molar-refractivity contribution in [2.24, 2.45) is 0 Å². The van der Waals surface area contributed by atoms with Gasteiger partial charge in [0, 0.05) is 18.0 Å². The first kappa shape index (κ1) is 14.0. The molecule has 1 aromatic rings. The topological polar surface area (TPSA) is 46.2 Å². The predicted molar refractivity (Wildman–Crippen MR) is 72.2 cm³/mol. The molecule has 17 heavy (non-hydrogen) atoms. The van der Waals surface area contributed by atoms with Crippen molar-refractivity contribution in [1.82, 2.24) is 0 Å². The molecule has 96 valence electrons. The maximum absolute atomic E-state index is 11.4. The molecule has 0 aliphatic carbocycles. The molecule has 0 heterocycles. The number of anilines is 1. The van der Waals surface area contributed by atoms with Crippen molar-refractivity contribution in [2.45, 2.75) is 44.0 Å². The van der Waals surface area contributed by atoms with E-state index in [0.29, 0.717) is 10.9 Å². The molecule has 0 amide bonds. The summed E-state index contributed by atoms with van der Waals surface area (Å²) in [6.45, 7) is 4.28. The second-order valence-corrected chi connectivity index (χ2v) is 6.35. The highest BCUT2D eigenvalue weighted by atomic mass is 32.2. The SMILES string of the molecule is CCCC(CC)Nc1cccc(S(C)(=O)=O)c1. The minimum Gasteiger partial charge on any atom is -0.382 e. The Morgan fingerprint density at radius 3 is 2.53 bits per heavy atom. The first-order valence-corrected chi connectivity index (χ1v) is 7.93. The van der Waals surface area contributed by atoms with Crippen molar-refractivity contribution in [3.05, 3.63) is 24.3 Å². The van der Waals surface area contributed by atoms with Gasteiger partial charge in [-0.3, -0.25) is 0 Å². The molecule has 0 aliphatic rings. The first-order chi connectivity index (χ1) is 7.97. The van der Waals surface area contributed by atoms with Crippen LogP contribution in [0, 0.1) is 0 Å². The second kappa shape index (κ2) is 6.05. The van der Waals surface area contributed by atoms with E-state index in [-0.39, 0.29) is 0 Å². The molecule has 0 saturated carbocycles. The van der Waals surface area contributed by atoms with E-state index in [0.717, 1.165) is 24.9 Å². The van der Waals surface area contributed by atoms with Crippen molar-refractivity contribution >= 4 is 15.5 Å². The molecule has 0 saturated heterocycles. The third-order valence-corrected chi connectivity index (χ3v) is 3.87. The van der Waals surface area contributed by atoms with Crippen LogP contribution in [0.4, 0.5) is 5.69 Å². The van der Waals surface area contributed by atoms with Gasteiger partial charge in [-0.15, -0.1) is 0 Å². The Morgan fingerprint density at radius 1 is 1.29 bits per heavy atom. The van der Waals surface area contributed by atoms with Gasteiger partial charge in [-0.1, -0.05) is 26.3 Å². The van der Waals surface area contributed by atoms with Crippen molar-refractivity contribution in [3.63, 3.8) is 0 Å². The highest BCUT2D eigenvalue weighted by Gasteiger charge is 2.09. The summed E-state index contributed by atoms with van der Waals surface area (Å²) in [7, 11) is -3.12. The molecule has 0 aliphatic heterocycles. The monoisotopic (exact) mass is 255 g/mol. The van der Waals surface area contributed by atoms with Gasteiger partial charge < -0.3 is 5.32 Å². The van der Waals surface area contributed by atoms with Crippen LogP contribution in [0.1, 0.15) is 33.1 Å². The highest BCUT2D eigenvalue weighted by molar-refractivity contribution is 7.90. The lowest BCUT2D eigenvalue weighted by Gasteiger charge is -2.17. The zero-order valence-corrected chi connectivity index (χ0v) is 11.5. The van der Waals surface area contributed by atoms with Gasteiger partial charge in [-0.05, 0) is 31.0 Å². The van der Waals surface area contributed by atoms with Crippen LogP contribution in [0.2, 0.25) is 0 Å².